The van der Waals surface area contributed by atoms with Crippen LogP contribution in [0.4, 0.5) is 0 Å². The minimum absolute atomic E-state index is 0. The van der Waals surface area contributed by atoms with E-state index in [2.05, 4.69) is 84.9 Å². The number of methoxy groups -OCH3 is 1. The molecule has 7 N–H and O–H groups in total. The summed E-state index contributed by atoms with van der Waals surface area (Å²) in [5.74, 6) is 12.9. The summed E-state index contributed by atoms with van der Waals surface area (Å²) < 4.78 is 38.4. The molecule has 2 aliphatic heterocycles. The van der Waals surface area contributed by atoms with Gasteiger partial charge in [-0.2, -0.15) is 8.42 Å². The van der Waals surface area contributed by atoms with Gasteiger partial charge in [-0.15, -0.1) is 55.3 Å². The first-order valence-electron chi connectivity index (χ1n) is 42.9. The number of nitrogens with one attached hydrogen (secondary N) is 3. The molecule has 0 unspecified atom stereocenters. The van der Waals surface area contributed by atoms with Gasteiger partial charge in [0.15, 0.2) is 0 Å². The van der Waals surface area contributed by atoms with E-state index in [1.54, 1.807) is 25.4 Å². The summed E-state index contributed by atoms with van der Waals surface area (Å²) in [6, 6.07) is 71.2. The van der Waals surface area contributed by atoms with Crippen LogP contribution in [0.15, 0.2) is 248 Å². The maximum Gasteiger partial charge on any atom is 1.00 e. The molecule has 2 aliphatic rings. The number of hydrogen-bond acceptors (Lipinski definition) is 21. The Kier molecular flexibility index (Phi) is 44.9. The maximum atomic E-state index is 13.1. The Balaban J connectivity index is 0.000000228. The van der Waals surface area contributed by atoms with Gasteiger partial charge in [-0.1, -0.05) is 206 Å². The zero-order valence-electron chi connectivity index (χ0n) is 77.7. The van der Waals surface area contributed by atoms with Crippen molar-refractivity contribution in [1.82, 2.24) is 49.3 Å². The van der Waals surface area contributed by atoms with Gasteiger partial charge >= 0.3 is 35.5 Å². The van der Waals surface area contributed by atoms with Crippen molar-refractivity contribution in [2.75, 3.05) is 101 Å². The number of amides is 5. The standard InChI is InChI=1S/2C28H23N3O2.C17H18N2O3.C12H11NO.C11H12O3S.C7H13NO.C3H9NO.CH2O3.Na/c2*1-3-4-16-30(2)18-31-17-23(21-13-7-8-15-24(21)31)26-25(27(32)29-28(26)33)22-14-9-11-19-10-5-6-12-20(19)22;1-4-5-10-18(2)12-19-11-14(16(20)17(21)22-3)13-8-6-7-9-15(13)19;13-12(14)8-10-6-3-5-9-4-1-2-7-11(9)10;1-3-4-9-14-15(12,13)11-7-5-10(2)6-8-11;1-3-4-5-8(2)6-7-9;1-4-2-3-5;2-1-4-3;/h5-15,17H,16,18H2,1-2H3,(H,29,32,33);1,5-15,17H,4,16,18H2,2H3,(H,29,32,33);1,6-9,11H,5,10,12H2,2-3H3;1-7H,8H2,(H2,13,14);1,5-8H,4,9H2,2H3;1,9H,4-7H2,2H3;4-5H,2-3H2,1H3;1,3H;/q;;;;;;;;+1/p-1. The molecule has 0 atom stereocenters. The van der Waals surface area contributed by atoms with Gasteiger partial charge in [0.05, 0.1) is 92.7 Å². The Bertz CT molecular complexity index is 6780. The fourth-order valence-electron chi connectivity index (χ4n) is 14.7. The van der Waals surface area contributed by atoms with Crippen LogP contribution in [0.1, 0.15) is 76.3 Å². The summed E-state index contributed by atoms with van der Waals surface area (Å²) in [6.07, 6.45) is 29.0. The molecule has 0 saturated carbocycles. The number of aryl methyl sites for hydroxylation is 1. The number of hydrogen-bond donors (Lipinski definition) is 6. The van der Waals surface area contributed by atoms with Crippen molar-refractivity contribution in [3.05, 3.63) is 282 Å². The van der Waals surface area contributed by atoms with Gasteiger partial charge in [0.2, 0.25) is 5.91 Å². The number of carbonyl (C=O) groups is 8. The number of fused-ring (bicyclic) bond motifs is 6. The van der Waals surface area contributed by atoms with Crippen LogP contribution in [0.2, 0.25) is 0 Å². The van der Waals surface area contributed by atoms with Gasteiger partial charge < -0.3 is 54.7 Å². The number of Topliss-reactive ketones (excluding diaryl/α,β-unsaturated/α-hetero) is 1. The van der Waals surface area contributed by atoms with Gasteiger partial charge in [-0.3, -0.25) is 63.1 Å². The summed E-state index contributed by atoms with van der Waals surface area (Å²) in [4.78, 5) is 106. The monoisotopic (exact) mass is 1860 g/mol. The minimum Gasteiger partial charge on any atom is -0.662 e. The van der Waals surface area contributed by atoms with Crippen LogP contribution in [-0.4, -0.2) is 201 Å². The number of nitrogens with two attached hydrogens (primary N) is 1. The third-order valence-electron chi connectivity index (χ3n) is 21.0. The number of ketones is 1. The largest absolute Gasteiger partial charge is 1.00 e. The number of aliphatic hydroxyl groups excluding tert-OH is 2. The van der Waals surface area contributed by atoms with E-state index < -0.39 is 21.9 Å². The Morgan fingerprint density at radius 1 is 0.500 bits per heavy atom. The summed E-state index contributed by atoms with van der Waals surface area (Å²) in [5.41, 5.74) is 15.1. The molecule has 696 valence electrons. The second kappa shape index (κ2) is 56.1. The third kappa shape index (κ3) is 30.4. The van der Waals surface area contributed by atoms with Gasteiger partial charge in [0, 0.05) is 121 Å². The summed E-state index contributed by atoms with van der Waals surface area (Å²) >= 11 is 0. The van der Waals surface area contributed by atoms with E-state index in [1.165, 1.54) is 19.2 Å². The van der Waals surface area contributed by atoms with Crippen molar-refractivity contribution in [3.8, 4) is 61.2 Å². The minimum atomic E-state index is -3.64. The quantitative estimate of drug-likeness (QED) is 0.00210. The number of benzene rings is 10. The van der Waals surface area contributed by atoms with Gasteiger partial charge in [0.25, 0.3) is 46.0 Å². The molecule has 15 rings (SSSR count). The van der Waals surface area contributed by atoms with E-state index in [0.29, 0.717) is 86.8 Å². The first-order chi connectivity index (χ1) is 65.2. The molecule has 29 heteroatoms. The fraction of sp³-hybridized carbons (Fsp3) is 0.234. The summed E-state index contributed by atoms with van der Waals surface area (Å²) in [6.45, 7) is 10.2. The van der Waals surface area contributed by atoms with E-state index in [1.807, 2.05) is 264 Å². The number of primary amides is 1. The predicted molar refractivity (Wildman–Crippen MR) is 529 cm³/mol. The molecule has 5 amide bonds. The molecule has 0 saturated heterocycles. The molecular weight excluding hydrogens is 1750 g/mol. The van der Waals surface area contributed by atoms with E-state index in [9.17, 15) is 42.0 Å². The number of esters is 1. The number of ether oxygens (including phenoxy) is 1. The van der Waals surface area contributed by atoms with Crippen molar-refractivity contribution >= 4 is 145 Å². The number of terminal acetylenes is 4. The molecule has 3 aromatic heterocycles. The van der Waals surface area contributed by atoms with Crippen LogP contribution >= 0.6 is 0 Å². The number of likely N-dealkylation sites (N-methyl/N-ethyl adjacent to an activating group) is 2. The fourth-order valence-corrected chi connectivity index (χ4v) is 15.6. The molecule has 0 bridgehead atoms. The Morgan fingerprint density at radius 3 is 1.29 bits per heavy atom. The van der Waals surface area contributed by atoms with Crippen molar-refractivity contribution in [2.45, 2.75) is 70.9 Å². The number of carbonyl (C=O) groups excluding carboxylic acids is 8. The van der Waals surface area contributed by atoms with Gasteiger partial charge in [-0.05, 0) is 128 Å². The van der Waals surface area contributed by atoms with Crippen molar-refractivity contribution in [1.29, 1.82) is 0 Å². The Morgan fingerprint density at radius 2 is 0.882 bits per heavy atom. The molecule has 13 aromatic rings. The van der Waals surface area contributed by atoms with Gasteiger partial charge in [0.1, 0.15) is 0 Å². The second-order valence-corrected chi connectivity index (χ2v) is 32.4. The SMILES string of the molecule is C#CCCN(C)CCO.C#CCCN(C)Cn1cc(C(=O)C(=O)OC)c2ccccc21.C#CCCN(C)Cn1cc(C2=C(c3cccc4ccccc34)C(=O)NC2=O)c2ccccc21.C#CCCOS(=O)(=O)c1ccc(C)cc1.CC#CCN(C)Cn1cc(C2=C(c3cccc4ccccc34)C(=O)NC2=O)c2ccccc21.CNCCO.NC(=O)Cc1cccc2ccccc12.O=CO[O-].[Na+]. The Hall–Kier alpha value is -14.2. The number of aromatic nitrogens is 3. The number of aliphatic hydroxyl groups is 2. The van der Waals surface area contributed by atoms with Crippen molar-refractivity contribution in [2.24, 2.45) is 5.73 Å². The maximum absolute atomic E-state index is 13.1. The molecule has 0 fully saturated rings. The topological polar surface area (TPSA) is 352 Å². The number of rotatable bonds is 30. The molecule has 27 nitrogen and oxygen atoms in total. The van der Waals surface area contributed by atoms with Crippen LogP contribution < -0.4 is 56.5 Å². The Labute approximate surface area is 815 Å². The van der Waals surface area contributed by atoms with E-state index in [0.717, 1.165) is 124 Å². The molecule has 0 radical (unpaired) electrons. The number of imide groups is 2. The zero-order chi connectivity index (χ0) is 97.9. The first kappa shape index (κ1) is 109. The molecule has 0 aliphatic carbocycles. The molecular formula is C107H110N11NaO16S. The van der Waals surface area contributed by atoms with Crippen molar-refractivity contribution in [3.63, 3.8) is 0 Å². The average molecular weight is 1860 g/mol. The first-order valence-corrected chi connectivity index (χ1v) is 44.3. The molecule has 5 heterocycles. The number of para-hydroxylation sites is 3. The summed E-state index contributed by atoms with van der Waals surface area (Å²) in [7, 11) is 7.27. The molecule has 10 aromatic carbocycles. The van der Waals surface area contributed by atoms with Crippen LogP contribution in [0, 0.1) is 68.1 Å². The van der Waals surface area contributed by atoms with Crippen LogP contribution in [-0.2, 0) is 83.9 Å². The van der Waals surface area contributed by atoms with E-state index >= 15 is 0 Å². The number of nitrogens with zero attached hydrogens (tertiary/aromatic N) is 7. The smallest absolute Gasteiger partial charge is 0.662 e. The van der Waals surface area contributed by atoms with Crippen LogP contribution in [0.5, 0.6) is 0 Å². The molecule has 136 heavy (non-hydrogen) atoms. The second-order valence-electron chi connectivity index (χ2n) is 30.8. The van der Waals surface area contributed by atoms with Gasteiger partial charge in [-0.25, -0.2) is 4.79 Å². The van der Waals surface area contributed by atoms with E-state index in [-0.39, 0.29) is 96.7 Å². The third-order valence-corrected chi connectivity index (χ3v) is 22.4. The molecule has 0 spiro atoms. The van der Waals surface area contributed by atoms with E-state index in [4.69, 9.17) is 55.9 Å². The normalized spacial score (nSPS) is 11.8. The van der Waals surface area contributed by atoms with Crippen LogP contribution in [0.3, 0.4) is 0 Å². The zero-order valence-corrected chi connectivity index (χ0v) is 80.5. The summed E-state index contributed by atoms with van der Waals surface area (Å²) in [5, 5.41) is 41.5. The van der Waals surface area contributed by atoms with Crippen molar-refractivity contribution < 1.29 is 106 Å². The predicted octanol–water partition coefficient (Wildman–Crippen LogP) is 8.62. The van der Waals surface area contributed by atoms with Crippen LogP contribution in [0.25, 0.3) is 87.3 Å². The average Bonchev–Trinajstić information content (AvgIpc) is 1.59.